The van der Waals surface area contributed by atoms with Gasteiger partial charge >= 0.3 is 0 Å². The van der Waals surface area contributed by atoms with Crippen LogP contribution in [0.15, 0.2) is 54.1 Å². The highest BCUT2D eigenvalue weighted by atomic mass is 16.7. The standard InChI is InChI=1S/C25H23N3O4/c1-16-10-19(17(2)28(16)21-5-7-22(30-3)8-6-21)12-20(13-26)25(29)27-14-18-4-9-23-24(11-18)32-15-31-23/h4-12H,14-15H2,1-3H3,(H,27,29)/b20-12+. The van der Waals surface area contributed by atoms with Crippen molar-refractivity contribution in [2.75, 3.05) is 13.9 Å². The molecule has 0 atom stereocenters. The van der Waals surface area contributed by atoms with E-state index in [2.05, 4.69) is 9.88 Å². The van der Waals surface area contributed by atoms with Crippen molar-refractivity contribution in [1.82, 2.24) is 9.88 Å². The number of benzene rings is 2. The maximum atomic E-state index is 12.7. The normalized spacial score (nSPS) is 12.4. The van der Waals surface area contributed by atoms with Gasteiger partial charge in [0.2, 0.25) is 6.79 Å². The summed E-state index contributed by atoms with van der Waals surface area (Å²) in [5, 5.41) is 12.4. The van der Waals surface area contributed by atoms with Gasteiger partial charge in [-0.2, -0.15) is 5.26 Å². The van der Waals surface area contributed by atoms with Crippen molar-refractivity contribution < 1.29 is 19.0 Å². The molecule has 1 aliphatic heterocycles. The highest BCUT2D eigenvalue weighted by Crippen LogP contribution is 2.32. The molecular weight excluding hydrogens is 406 g/mol. The second kappa shape index (κ2) is 8.90. The summed E-state index contributed by atoms with van der Waals surface area (Å²) in [5.41, 5.74) is 4.62. The molecule has 0 saturated heterocycles. The van der Waals surface area contributed by atoms with E-state index in [0.29, 0.717) is 11.5 Å². The largest absolute Gasteiger partial charge is 0.497 e. The quantitative estimate of drug-likeness (QED) is 0.472. The van der Waals surface area contributed by atoms with E-state index in [-0.39, 0.29) is 18.9 Å². The van der Waals surface area contributed by atoms with Crippen molar-refractivity contribution in [1.29, 1.82) is 5.26 Å². The lowest BCUT2D eigenvalue weighted by atomic mass is 10.1. The summed E-state index contributed by atoms with van der Waals surface area (Å²) in [6, 6.07) is 17.2. The summed E-state index contributed by atoms with van der Waals surface area (Å²) in [6.07, 6.45) is 1.62. The average molecular weight is 429 g/mol. The maximum Gasteiger partial charge on any atom is 0.262 e. The number of amides is 1. The molecule has 1 aromatic heterocycles. The number of aromatic nitrogens is 1. The number of methoxy groups -OCH3 is 1. The number of carbonyl (C=O) groups excluding carboxylic acids is 1. The van der Waals surface area contributed by atoms with Gasteiger partial charge in [-0.05, 0) is 73.5 Å². The zero-order chi connectivity index (χ0) is 22.7. The van der Waals surface area contributed by atoms with Crippen molar-refractivity contribution in [2.45, 2.75) is 20.4 Å². The Balaban J connectivity index is 1.52. The molecule has 1 N–H and O–H groups in total. The summed E-state index contributed by atoms with van der Waals surface area (Å²) in [6.45, 7) is 4.42. The molecule has 7 heteroatoms. The van der Waals surface area contributed by atoms with Crippen LogP contribution in [-0.4, -0.2) is 24.4 Å². The Hall–Kier alpha value is -4.18. The van der Waals surface area contributed by atoms with Gasteiger partial charge in [-0.25, -0.2) is 0 Å². The molecule has 2 aromatic carbocycles. The first-order valence-corrected chi connectivity index (χ1v) is 10.1. The molecule has 1 amide bonds. The van der Waals surface area contributed by atoms with Gasteiger partial charge in [0.15, 0.2) is 11.5 Å². The number of ether oxygens (including phenoxy) is 3. The molecule has 32 heavy (non-hydrogen) atoms. The first kappa shape index (κ1) is 21.1. The van der Waals surface area contributed by atoms with E-state index in [1.54, 1.807) is 19.3 Å². The first-order chi connectivity index (χ1) is 15.5. The van der Waals surface area contributed by atoms with Crippen molar-refractivity contribution in [3.63, 3.8) is 0 Å². The van der Waals surface area contributed by atoms with Crippen LogP contribution in [0.5, 0.6) is 17.2 Å². The minimum Gasteiger partial charge on any atom is -0.497 e. The molecule has 0 spiro atoms. The van der Waals surface area contributed by atoms with Gasteiger partial charge in [0, 0.05) is 23.6 Å². The first-order valence-electron chi connectivity index (χ1n) is 10.1. The minimum atomic E-state index is -0.431. The summed E-state index contributed by atoms with van der Waals surface area (Å²) in [7, 11) is 1.63. The van der Waals surface area contributed by atoms with E-state index in [1.807, 2.05) is 62.4 Å². The van der Waals surface area contributed by atoms with Crippen molar-refractivity contribution in [3.05, 3.63) is 76.6 Å². The Morgan fingerprint density at radius 2 is 1.91 bits per heavy atom. The molecular formula is C25H23N3O4. The summed E-state index contributed by atoms with van der Waals surface area (Å²) >= 11 is 0. The molecule has 3 aromatic rings. The van der Waals surface area contributed by atoms with Crippen LogP contribution in [0, 0.1) is 25.2 Å². The highest BCUT2D eigenvalue weighted by Gasteiger charge is 2.16. The molecule has 0 aliphatic carbocycles. The fourth-order valence-electron chi connectivity index (χ4n) is 3.69. The number of rotatable bonds is 6. The molecule has 4 rings (SSSR count). The third-order valence-corrected chi connectivity index (χ3v) is 5.36. The van der Waals surface area contributed by atoms with Gasteiger partial charge in [0.05, 0.1) is 7.11 Å². The molecule has 0 saturated carbocycles. The second-order valence-electron chi connectivity index (χ2n) is 7.40. The number of hydrogen-bond donors (Lipinski definition) is 1. The third-order valence-electron chi connectivity index (χ3n) is 5.36. The fraction of sp³-hybridized carbons (Fsp3) is 0.200. The molecule has 7 nitrogen and oxygen atoms in total. The smallest absolute Gasteiger partial charge is 0.262 e. The van der Waals surface area contributed by atoms with Gasteiger partial charge in [-0.1, -0.05) is 6.07 Å². The predicted octanol–water partition coefficient (Wildman–Crippen LogP) is 4.05. The summed E-state index contributed by atoms with van der Waals surface area (Å²) < 4.78 is 18.0. The zero-order valence-electron chi connectivity index (χ0n) is 18.1. The van der Waals surface area contributed by atoms with Gasteiger partial charge in [-0.3, -0.25) is 4.79 Å². The number of fused-ring (bicyclic) bond motifs is 1. The van der Waals surface area contributed by atoms with Crippen LogP contribution in [0.3, 0.4) is 0 Å². The van der Waals surface area contributed by atoms with E-state index >= 15 is 0 Å². The molecule has 0 unspecified atom stereocenters. The SMILES string of the molecule is COc1ccc(-n2c(C)cc(/C=C(\C#N)C(=O)NCc3ccc4c(c3)OCO4)c2C)cc1. The predicted molar refractivity (Wildman–Crippen MR) is 120 cm³/mol. The topological polar surface area (TPSA) is 85.5 Å². The average Bonchev–Trinajstić information content (AvgIpc) is 3.39. The Morgan fingerprint density at radius 3 is 2.62 bits per heavy atom. The van der Waals surface area contributed by atoms with Crippen LogP contribution < -0.4 is 19.5 Å². The minimum absolute atomic E-state index is 0.0423. The monoisotopic (exact) mass is 429 g/mol. The highest BCUT2D eigenvalue weighted by molar-refractivity contribution is 6.01. The lowest BCUT2D eigenvalue weighted by Gasteiger charge is -2.10. The van der Waals surface area contributed by atoms with E-state index in [9.17, 15) is 10.1 Å². The molecule has 0 bridgehead atoms. The molecule has 0 radical (unpaired) electrons. The number of nitrogens with one attached hydrogen (secondary N) is 1. The van der Waals surface area contributed by atoms with Crippen LogP contribution in [0.25, 0.3) is 11.8 Å². The van der Waals surface area contributed by atoms with E-state index < -0.39 is 5.91 Å². The summed E-state index contributed by atoms with van der Waals surface area (Å²) in [5.74, 6) is 1.69. The third kappa shape index (κ3) is 4.16. The van der Waals surface area contributed by atoms with Crippen LogP contribution in [0.2, 0.25) is 0 Å². The fourth-order valence-corrected chi connectivity index (χ4v) is 3.69. The molecule has 162 valence electrons. The van der Waals surface area contributed by atoms with E-state index in [4.69, 9.17) is 14.2 Å². The Labute approximate surface area is 186 Å². The summed E-state index contributed by atoms with van der Waals surface area (Å²) in [4.78, 5) is 12.7. The molecule has 1 aliphatic rings. The Bertz CT molecular complexity index is 1230. The lowest BCUT2D eigenvalue weighted by Crippen LogP contribution is -2.23. The number of nitrogens with zero attached hydrogens (tertiary/aromatic N) is 2. The van der Waals surface area contributed by atoms with Crippen LogP contribution in [-0.2, 0) is 11.3 Å². The van der Waals surface area contributed by atoms with Crippen LogP contribution in [0.4, 0.5) is 0 Å². The number of nitriles is 1. The molecule has 0 fully saturated rings. The van der Waals surface area contributed by atoms with Crippen LogP contribution >= 0.6 is 0 Å². The molecule has 2 heterocycles. The maximum absolute atomic E-state index is 12.7. The number of hydrogen-bond acceptors (Lipinski definition) is 5. The Kier molecular flexibility index (Phi) is 5.86. The number of aryl methyl sites for hydroxylation is 1. The van der Waals surface area contributed by atoms with Gasteiger partial charge in [-0.15, -0.1) is 0 Å². The zero-order valence-corrected chi connectivity index (χ0v) is 18.1. The lowest BCUT2D eigenvalue weighted by molar-refractivity contribution is -0.117. The van der Waals surface area contributed by atoms with Gasteiger partial charge in [0.1, 0.15) is 17.4 Å². The van der Waals surface area contributed by atoms with Gasteiger partial charge < -0.3 is 24.1 Å². The van der Waals surface area contributed by atoms with E-state index in [0.717, 1.165) is 34.0 Å². The van der Waals surface area contributed by atoms with Crippen molar-refractivity contribution in [3.8, 4) is 29.0 Å². The van der Waals surface area contributed by atoms with Crippen molar-refractivity contribution >= 4 is 12.0 Å². The van der Waals surface area contributed by atoms with Crippen molar-refractivity contribution in [2.24, 2.45) is 0 Å². The van der Waals surface area contributed by atoms with Gasteiger partial charge in [0.25, 0.3) is 5.91 Å². The van der Waals surface area contributed by atoms with Crippen LogP contribution in [0.1, 0.15) is 22.5 Å². The second-order valence-corrected chi connectivity index (χ2v) is 7.40. The number of carbonyl (C=O) groups is 1. The van der Waals surface area contributed by atoms with E-state index in [1.165, 1.54) is 0 Å². The Morgan fingerprint density at radius 1 is 1.16 bits per heavy atom.